The fourth-order valence-electron chi connectivity index (χ4n) is 3.50. The fraction of sp³-hybridized carbons (Fsp3) is 0.526. The molecular weight excluding hydrogens is 304 g/mol. The maximum absolute atomic E-state index is 12.6. The lowest BCUT2D eigenvalue weighted by Crippen LogP contribution is -2.23. The summed E-state index contributed by atoms with van der Waals surface area (Å²) in [5.41, 5.74) is 1.34. The highest BCUT2D eigenvalue weighted by Crippen LogP contribution is 2.26. The van der Waals surface area contributed by atoms with Crippen molar-refractivity contribution in [3.8, 4) is 0 Å². The summed E-state index contributed by atoms with van der Waals surface area (Å²) in [7, 11) is 0. The highest BCUT2D eigenvalue weighted by Gasteiger charge is 2.20. The highest BCUT2D eigenvalue weighted by molar-refractivity contribution is 5.93. The molecule has 1 aliphatic rings. The van der Waals surface area contributed by atoms with Gasteiger partial charge < -0.3 is 9.30 Å². The second kappa shape index (κ2) is 7.16. The monoisotopic (exact) mass is 328 g/mol. The standard InChI is InChI=1S/C19H24N2O3/c1-3-24-19(23)16-12-21(11-14-7-5-4-6-8-14)18-15(17(16)22)10-9-13(2)20-18/h9-10,12,14H,3-8,11H2,1-2H3. The third-order valence-electron chi connectivity index (χ3n) is 4.74. The zero-order chi connectivity index (χ0) is 17.1. The van der Waals surface area contributed by atoms with E-state index < -0.39 is 5.97 Å². The summed E-state index contributed by atoms with van der Waals surface area (Å²) in [6.07, 6.45) is 7.82. The topological polar surface area (TPSA) is 61.2 Å². The zero-order valence-electron chi connectivity index (χ0n) is 14.4. The molecule has 0 saturated heterocycles. The zero-order valence-corrected chi connectivity index (χ0v) is 14.4. The lowest BCUT2D eigenvalue weighted by Gasteiger charge is -2.23. The molecule has 2 aromatic heterocycles. The van der Waals surface area contributed by atoms with Gasteiger partial charge in [-0.15, -0.1) is 0 Å². The third-order valence-corrected chi connectivity index (χ3v) is 4.74. The molecule has 1 fully saturated rings. The van der Waals surface area contributed by atoms with Crippen LogP contribution in [0.25, 0.3) is 11.0 Å². The average Bonchev–Trinajstić information content (AvgIpc) is 2.58. The van der Waals surface area contributed by atoms with Gasteiger partial charge in [0.2, 0.25) is 5.43 Å². The Kier molecular flexibility index (Phi) is 4.97. The lowest BCUT2D eigenvalue weighted by molar-refractivity contribution is 0.0524. The van der Waals surface area contributed by atoms with Crippen LogP contribution in [0.3, 0.4) is 0 Å². The van der Waals surface area contributed by atoms with Crippen molar-refractivity contribution in [3.05, 3.63) is 39.8 Å². The molecule has 5 nitrogen and oxygen atoms in total. The second-order valence-corrected chi connectivity index (χ2v) is 6.57. The van der Waals surface area contributed by atoms with Crippen LogP contribution in [0.15, 0.2) is 23.1 Å². The number of ether oxygens (including phenoxy) is 1. The van der Waals surface area contributed by atoms with Crippen LogP contribution in [-0.4, -0.2) is 22.1 Å². The molecule has 1 saturated carbocycles. The van der Waals surface area contributed by atoms with E-state index in [0.29, 0.717) is 17.0 Å². The number of aromatic nitrogens is 2. The molecule has 2 aromatic rings. The maximum Gasteiger partial charge on any atom is 0.343 e. The summed E-state index contributed by atoms with van der Waals surface area (Å²) in [6.45, 7) is 4.70. The van der Waals surface area contributed by atoms with E-state index >= 15 is 0 Å². The van der Waals surface area contributed by atoms with E-state index in [0.717, 1.165) is 12.2 Å². The summed E-state index contributed by atoms with van der Waals surface area (Å²) in [5, 5.41) is 0.488. The largest absolute Gasteiger partial charge is 0.462 e. The summed E-state index contributed by atoms with van der Waals surface area (Å²) in [6, 6.07) is 3.57. The van der Waals surface area contributed by atoms with Crippen molar-refractivity contribution in [1.29, 1.82) is 0 Å². The Balaban J connectivity index is 2.10. The Hall–Kier alpha value is -2.17. The number of rotatable bonds is 4. The van der Waals surface area contributed by atoms with Crippen molar-refractivity contribution in [1.82, 2.24) is 9.55 Å². The molecule has 1 aliphatic carbocycles. The van der Waals surface area contributed by atoms with Crippen LogP contribution in [0.5, 0.6) is 0 Å². The van der Waals surface area contributed by atoms with Gasteiger partial charge in [-0.1, -0.05) is 19.3 Å². The van der Waals surface area contributed by atoms with Gasteiger partial charge in [-0.25, -0.2) is 9.78 Å². The normalized spacial score (nSPS) is 15.6. The molecule has 0 radical (unpaired) electrons. The molecule has 128 valence electrons. The summed E-state index contributed by atoms with van der Waals surface area (Å²) in [4.78, 5) is 29.4. The Morgan fingerprint density at radius 1 is 1.29 bits per heavy atom. The van der Waals surface area contributed by atoms with Crippen molar-refractivity contribution < 1.29 is 9.53 Å². The Morgan fingerprint density at radius 2 is 2.04 bits per heavy atom. The second-order valence-electron chi connectivity index (χ2n) is 6.57. The molecule has 3 rings (SSSR count). The van der Waals surface area contributed by atoms with Gasteiger partial charge >= 0.3 is 5.97 Å². The van der Waals surface area contributed by atoms with E-state index in [4.69, 9.17) is 4.74 Å². The van der Waals surface area contributed by atoms with E-state index in [1.165, 1.54) is 32.1 Å². The first-order valence-electron chi connectivity index (χ1n) is 8.78. The van der Waals surface area contributed by atoms with E-state index in [9.17, 15) is 9.59 Å². The average molecular weight is 328 g/mol. The molecule has 0 atom stereocenters. The fourth-order valence-corrected chi connectivity index (χ4v) is 3.50. The molecule has 0 unspecified atom stereocenters. The first kappa shape index (κ1) is 16.7. The van der Waals surface area contributed by atoms with E-state index in [2.05, 4.69) is 4.98 Å². The highest BCUT2D eigenvalue weighted by atomic mass is 16.5. The molecule has 0 aromatic carbocycles. The Labute approximate surface area is 141 Å². The van der Waals surface area contributed by atoms with Crippen LogP contribution in [0.4, 0.5) is 0 Å². The minimum absolute atomic E-state index is 0.103. The van der Waals surface area contributed by atoms with Gasteiger partial charge in [-0.05, 0) is 44.7 Å². The molecule has 0 amide bonds. The molecule has 0 aliphatic heterocycles. The van der Waals surface area contributed by atoms with Gasteiger partial charge in [-0.2, -0.15) is 0 Å². The van der Waals surface area contributed by atoms with Crippen molar-refractivity contribution in [2.24, 2.45) is 5.92 Å². The van der Waals surface area contributed by atoms with E-state index in [-0.39, 0.29) is 17.6 Å². The first-order chi connectivity index (χ1) is 11.6. The van der Waals surface area contributed by atoms with Crippen LogP contribution in [0, 0.1) is 12.8 Å². The van der Waals surface area contributed by atoms with Gasteiger partial charge in [0.25, 0.3) is 0 Å². The number of nitrogens with zero attached hydrogens (tertiary/aromatic N) is 2. The van der Waals surface area contributed by atoms with Gasteiger partial charge in [0.1, 0.15) is 11.2 Å². The van der Waals surface area contributed by atoms with Gasteiger partial charge in [0, 0.05) is 18.4 Å². The Bertz CT molecular complexity index is 804. The smallest absolute Gasteiger partial charge is 0.343 e. The summed E-state index contributed by atoms with van der Waals surface area (Å²) in [5.74, 6) is 0.0178. The SMILES string of the molecule is CCOC(=O)c1cn(CC2CCCCC2)c2nc(C)ccc2c1=O. The number of esters is 1. The molecular formula is C19H24N2O3. The number of hydrogen-bond acceptors (Lipinski definition) is 4. The van der Waals surface area contributed by atoms with Crippen molar-refractivity contribution in [2.75, 3.05) is 6.61 Å². The van der Waals surface area contributed by atoms with Gasteiger partial charge in [-0.3, -0.25) is 4.79 Å². The third kappa shape index (κ3) is 3.35. The van der Waals surface area contributed by atoms with Crippen LogP contribution < -0.4 is 5.43 Å². The number of carbonyl (C=O) groups excluding carboxylic acids is 1. The summed E-state index contributed by atoms with van der Waals surface area (Å²) < 4.78 is 7.03. The lowest BCUT2D eigenvalue weighted by atomic mass is 9.89. The number of fused-ring (bicyclic) bond motifs is 1. The van der Waals surface area contributed by atoms with E-state index in [1.54, 1.807) is 19.2 Å². The minimum atomic E-state index is -0.553. The molecule has 0 spiro atoms. The Morgan fingerprint density at radius 3 is 2.75 bits per heavy atom. The summed E-state index contributed by atoms with van der Waals surface area (Å²) >= 11 is 0. The molecule has 0 N–H and O–H groups in total. The quantitative estimate of drug-likeness (QED) is 0.806. The number of carbonyl (C=O) groups is 1. The number of aryl methyl sites for hydroxylation is 1. The van der Waals surface area contributed by atoms with Crippen molar-refractivity contribution in [2.45, 2.75) is 52.5 Å². The van der Waals surface area contributed by atoms with Crippen LogP contribution >= 0.6 is 0 Å². The van der Waals surface area contributed by atoms with Gasteiger partial charge in [0.05, 0.1) is 12.0 Å². The molecule has 5 heteroatoms. The first-order valence-corrected chi connectivity index (χ1v) is 8.78. The predicted octanol–water partition coefficient (Wildman–Crippen LogP) is 3.46. The van der Waals surface area contributed by atoms with Gasteiger partial charge in [0.15, 0.2) is 0 Å². The van der Waals surface area contributed by atoms with Crippen LogP contribution in [0.1, 0.15) is 55.1 Å². The minimum Gasteiger partial charge on any atom is -0.462 e. The van der Waals surface area contributed by atoms with E-state index in [1.807, 2.05) is 17.6 Å². The van der Waals surface area contributed by atoms with Crippen molar-refractivity contribution in [3.63, 3.8) is 0 Å². The number of pyridine rings is 2. The molecule has 2 heterocycles. The predicted molar refractivity (Wildman–Crippen MR) is 93.3 cm³/mol. The number of hydrogen-bond donors (Lipinski definition) is 0. The van der Waals surface area contributed by atoms with Crippen LogP contribution in [-0.2, 0) is 11.3 Å². The molecule has 0 bridgehead atoms. The molecule has 24 heavy (non-hydrogen) atoms. The van der Waals surface area contributed by atoms with Crippen molar-refractivity contribution >= 4 is 17.0 Å². The maximum atomic E-state index is 12.6. The van der Waals surface area contributed by atoms with Crippen LogP contribution in [0.2, 0.25) is 0 Å².